The van der Waals surface area contributed by atoms with Gasteiger partial charge in [-0.25, -0.2) is 0 Å². The van der Waals surface area contributed by atoms with Crippen molar-refractivity contribution in [2.45, 2.75) is 57.8 Å². The average molecular weight is 513 g/mol. The summed E-state index contributed by atoms with van der Waals surface area (Å²) < 4.78 is 7.97. The molecule has 1 fully saturated rings. The van der Waals surface area contributed by atoms with Crippen LogP contribution < -0.4 is 0 Å². The summed E-state index contributed by atoms with van der Waals surface area (Å²) in [7, 11) is -1.82. The van der Waals surface area contributed by atoms with Crippen LogP contribution in [0.15, 0.2) is 0 Å². The maximum Gasteiger partial charge on any atom is 0.221 e. The number of rotatable bonds is 3. The molecule has 2 nitrogen and oxygen atoms in total. The SMILES string of the molecule is CC(C)(C)[Si](C)(C)N1C(=O)[C@@H](CC#CI)[C@@H]1CC#CI. The van der Waals surface area contributed by atoms with Gasteiger partial charge < -0.3 is 4.57 Å². The van der Waals surface area contributed by atoms with Crippen LogP contribution >= 0.6 is 45.2 Å². The van der Waals surface area contributed by atoms with Crippen LogP contribution in [0.2, 0.25) is 18.1 Å². The first-order chi connectivity index (χ1) is 9.18. The Balaban J connectivity index is 3.02. The summed E-state index contributed by atoms with van der Waals surface area (Å²) in [6.07, 6.45) is 1.44. The van der Waals surface area contributed by atoms with Crippen molar-refractivity contribution in [3.8, 4) is 19.7 Å². The van der Waals surface area contributed by atoms with E-state index in [1.54, 1.807) is 0 Å². The summed E-state index contributed by atoms with van der Waals surface area (Å²) in [6.45, 7) is 11.3. The minimum atomic E-state index is -1.82. The monoisotopic (exact) mass is 513 g/mol. The zero-order chi connectivity index (χ0) is 15.6. The number of amides is 1. The minimum Gasteiger partial charge on any atom is -0.364 e. The fraction of sp³-hybridized carbons (Fsp3) is 0.667. The van der Waals surface area contributed by atoms with Crippen molar-refractivity contribution in [1.29, 1.82) is 0 Å². The molecule has 0 unspecified atom stereocenters. The zero-order valence-electron chi connectivity index (χ0n) is 12.7. The van der Waals surface area contributed by atoms with Crippen LogP contribution in [-0.2, 0) is 4.79 Å². The lowest BCUT2D eigenvalue weighted by Gasteiger charge is -2.58. The van der Waals surface area contributed by atoms with Crippen molar-refractivity contribution in [3.05, 3.63) is 0 Å². The predicted molar refractivity (Wildman–Crippen MR) is 104 cm³/mol. The van der Waals surface area contributed by atoms with E-state index >= 15 is 0 Å². The van der Waals surface area contributed by atoms with Gasteiger partial charge in [0.2, 0.25) is 5.91 Å². The molecule has 1 heterocycles. The molecule has 0 spiro atoms. The van der Waals surface area contributed by atoms with Crippen molar-refractivity contribution in [2.75, 3.05) is 0 Å². The standard InChI is InChI=1S/C15H21I2NOSi/c1-15(2,3)20(4,5)18-13(9-7-11-17)12(14(18)19)8-6-10-16/h12-13H,8-9H2,1-5H3/t12-,13-/m0/s1. The average Bonchev–Trinajstić information content (AvgIpc) is 2.32. The first-order valence-electron chi connectivity index (χ1n) is 6.68. The van der Waals surface area contributed by atoms with Crippen LogP contribution in [0.5, 0.6) is 0 Å². The second-order valence-corrected chi connectivity index (χ2v) is 12.8. The van der Waals surface area contributed by atoms with Crippen molar-refractivity contribution < 1.29 is 4.79 Å². The Morgan fingerprint density at radius 2 is 1.65 bits per heavy atom. The number of carbonyl (C=O) groups excluding carboxylic acids is 1. The molecule has 110 valence electrons. The molecule has 1 aliphatic rings. The van der Waals surface area contributed by atoms with Crippen LogP contribution in [0.1, 0.15) is 33.6 Å². The summed E-state index contributed by atoms with van der Waals surface area (Å²) in [6, 6.07) is 0.253. The second-order valence-electron chi connectivity index (χ2n) is 6.64. The van der Waals surface area contributed by atoms with Gasteiger partial charge in [0.15, 0.2) is 8.24 Å². The molecular weight excluding hydrogens is 492 g/mol. The lowest BCUT2D eigenvalue weighted by atomic mass is 9.86. The summed E-state index contributed by atoms with van der Waals surface area (Å²) >= 11 is 4.10. The van der Waals surface area contributed by atoms with E-state index in [1.165, 1.54) is 0 Å². The molecule has 1 aliphatic heterocycles. The van der Waals surface area contributed by atoms with Crippen LogP contribution in [0, 0.1) is 25.6 Å². The highest BCUT2D eigenvalue weighted by atomic mass is 127. The number of halogens is 2. The van der Waals surface area contributed by atoms with E-state index in [0.717, 1.165) is 6.42 Å². The van der Waals surface area contributed by atoms with Gasteiger partial charge in [0, 0.05) is 64.1 Å². The topological polar surface area (TPSA) is 20.3 Å². The molecule has 5 heteroatoms. The van der Waals surface area contributed by atoms with E-state index in [-0.39, 0.29) is 22.9 Å². The van der Waals surface area contributed by atoms with Crippen LogP contribution in [0.3, 0.4) is 0 Å². The Bertz CT molecular complexity index is 502. The fourth-order valence-corrected chi connectivity index (χ4v) is 5.38. The van der Waals surface area contributed by atoms with E-state index in [9.17, 15) is 4.79 Å². The van der Waals surface area contributed by atoms with Crippen molar-refractivity contribution in [2.24, 2.45) is 5.92 Å². The van der Waals surface area contributed by atoms with E-state index in [0.29, 0.717) is 6.42 Å². The molecule has 1 rings (SSSR count). The van der Waals surface area contributed by atoms with Gasteiger partial charge in [-0.3, -0.25) is 4.79 Å². The van der Waals surface area contributed by atoms with Gasteiger partial charge in [-0.2, -0.15) is 0 Å². The van der Waals surface area contributed by atoms with Gasteiger partial charge in [-0.15, -0.1) is 0 Å². The van der Waals surface area contributed by atoms with Crippen LogP contribution in [-0.4, -0.2) is 24.7 Å². The molecule has 0 aliphatic carbocycles. The highest BCUT2D eigenvalue weighted by molar-refractivity contribution is 14.1. The quantitative estimate of drug-likeness (QED) is 0.238. The Hall–Kier alpha value is 0.267. The van der Waals surface area contributed by atoms with Crippen molar-refractivity contribution >= 4 is 59.3 Å². The summed E-state index contributed by atoms with van der Waals surface area (Å²) in [5, 5.41) is 0.165. The lowest BCUT2D eigenvalue weighted by Crippen LogP contribution is -2.72. The third-order valence-corrected chi connectivity index (χ3v) is 10.7. The van der Waals surface area contributed by atoms with Crippen LogP contribution in [0.4, 0.5) is 0 Å². The number of β-lactam (4-membered cyclic amide) rings is 1. The second kappa shape index (κ2) is 7.02. The first-order valence-corrected chi connectivity index (χ1v) is 11.8. The fourth-order valence-electron chi connectivity index (χ4n) is 2.40. The molecular formula is C15H21I2NOSi. The number of hydrogen-bond donors (Lipinski definition) is 0. The molecule has 1 amide bonds. The van der Waals surface area contributed by atoms with Gasteiger partial charge >= 0.3 is 0 Å². The minimum absolute atomic E-state index is 0.0450. The molecule has 2 atom stereocenters. The molecule has 20 heavy (non-hydrogen) atoms. The Morgan fingerprint density at radius 3 is 2.10 bits per heavy atom. The highest BCUT2D eigenvalue weighted by Gasteiger charge is 2.56. The Morgan fingerprint density at radius 1 is 1.15 bits per heavy atom. The van der Waals surface area contributed by atoms with Gasteiger partial charge in [0.25, 0.3) is 0 Å². The Labute approximate surface area is 151 Å². The predicted octanol–water partition coefficient (Wildman–Crippen LogP) is 4.39. The molecule has 1 saturated heterocycles. The molecule has 0 N–H and O–H groups in total. The lowest BCUT2D eigenvalue weighted by molar-refractivity contribution is -0.147. The largest absolute Gasteiger partial charge is 0.364 e. The summed E-state index contributed by atoms with van der Waals surface area (Å²) in [5.41, 5.74) is 0. The van der Waals surface area contributed by atoms with Crippen molar-refractivity contribution in [1.82, 2.24) is 4.57 Å². The normalized spacial score (nSPS) is 22.4. The third-order valence-electron chi connectivity index (χ3n) is 4.56. The number of nitrogens with zero attached hydrogens (tertiary/aromatic N) is 1. The van der Waals surface area contributed by atoms with Gasteiger partial charge in [0.1, 0.15) is 0 Å². The van der Waals surface area contributed by atoms with Gasteiger partial charge in [-0.05, 0) is 12.9 Å². The molecule has 0 radical (unpaired) electrons. The molecule has 0 bridgehead atoms. The van der Waals surface area contributed by atoms with Gasteiger partial charge in [-0.1, -0.05) is 45.7 Å². The van der Waals surface area contributed by atoms with Crippen LogP contribution in [0.25, 0.3) is 0 Å². The molecule has 0 aromatic carbocycles. The maximum absolute atomic E-state index is 12.6. The molecule has 0 aromatic heterocycles. The number of hydrogen-bond acceptors (Lipinski definition) is 1. The Kier molecular flexibility index (Phi) is 6.43. The summed E-state index contributed by atoms with van der Waals surface area (Å²) in [5.74, 6) is 6.53. The van der Waals surface area contributed by atoms with E-state index in [1.807, 2.05) is 22.6 Å². The van der Waals surface area contributed by atoms with E-state index in [4.69, 9.17) is 0 Å². The number of carbonyl (C=O) groups is 1. The van der Waals surface area contributed by atoms with Gasteiger partial charge in [0.05, 0.1) is 5.92 Å². The highest BCUT2D eigenvalue weighted by Crippen LogP contribution is 2.46. The smallest absolute Gasteiger partial charge is 0.221 e. The molecule has 0 saturated carbocycles. The zero-order valence-corrected chi connectivity index (χ0v) is 18.0. The van der Waals surface area contributed by atoms with E-state index < -0.39 is 8.24 Å². The first kappa shape index (κ1) is 18.3. The maximum atomic E-state index is 12.6. The molecule has 0 aromatic rings. The third kappa shape index (κ3) is 3.53. The summed E-state index contributed by atoms with van der Waals surface area (Å²) in [4.78, 5) is 12.6. The van der Waals surface area contributed by atoms with E-state index in [2.05, 4.69) is 80.7 Å². The van der Waals surface area contributed by atoms with Crippen molar-refractivity contribution in [3.63, 3.8) is 0 Å².